The van der Waals surface area contributed by atoms with E-state index in [2.05, 4.69) is 255 Å². The number of fused-ring (bicyclic) bond motifs is 14. The Morgan fingerprint density at radius 3 is 0.972 bits per heavy atom. The van der Waals surface area contributed by atoms with Crippen LogP contribution in [0, 0.1) is 0 Å². The van der Waals surface area contributed by atoms with Crippen LogP contribution in [0.15, 0.2) is 243 Å². The molecule has 0 aliphatic rings. The molecule has 0 saturated heterocycles. The van der Waals surface area contributed by atoms with Gasteiger partial charge in [0.2, 0.25) is 0 Å². The van der Waals surface area contributed by atoms with Crippen LogP contribution in [0.1, 0.15) is 0 Å². The zero-order valence-corrected chi connectivity index (χ0v) is 38.8. The number of rotatable bonds is 5. The summed E-state index contributed by atoms with van der Waals surface area (Å²) in [5.74, 6) is 2.24. The van der Waals surface area contributed by atoms with Crippen LogP contribution in [0.25, 0.3) is 143 Å². The van der Waals surface area contributed by atoms with Crippen LogP contribution >= 0.6 is 0 Å². The monoisotopic (exact) mass is 916 g/mol. The van der Waals surface area contributed by atoms with Crippen LogP contribution in [0.2, 0.25) is 0 Å². The van der Waals surface area contributed by atoms with E-state index in [0.717, 1.165) is 83.2 Å². The van der Waals surface area contributed by atoms with Gasteiger partial charge in [0.15, 0.2) is 5.82 Å². The Hall–Kier alpha value is -9.78. The average Bonchev–Trinajstić information content (AvgIpc) is 4.16. The third kappa shape index (κ3) is 5.60. The molecule has 5 aromatic heterocycles. The molecule has 0 unspecified atom stereocenters. The van der Waals surface area contributed by atoms with E-state index in [1.165, 1.54) is 54.1 Å². The van der Waals surface area contributed by atoms with Crippen molar-refractivity contribution in [2.75, 3.05) is 0 Å². The summed E-state index contributed by atoms with van der Waals surface area (Å²) in [5.41, 5.74) is 12.2. The Morgan fingerprint density at radius 1 is 0.222 bits per heavy atom. The number of hydrogen-bond acceptors (Lipinski definition) is 2. The van der Waals surface area contributed by atoms with E-state index in [-0.39, 0.29) is 0 Å². The van der Waals surface area contributed by atoms with E-state index in [0.29, 0.717) is 5.82 Å². The summed E-state index contributed by atoms with van der Waals surface area (Å²) in [4.78, 5) is 11.0. The highest BCUT2D eigenvalue weighted by atomic mass is 15.1. The van der Waals surface area contributed by atoms with E-state index in [1.54, 1.807) is 0 Å². The molecule has 0 aliphatic carbocycles. The number of hydrogen-bond donors (Lipinski definition) is 0. The molecule has 16 rings (SSSR count). The topological polar surface area (TPSA) is 45.5 Å². The smallest absolute Gasteiger partial charge is 0.163 e. The maximum Gasteiger partial charge on any atom is 0.163 e. The zero-order chi connectivity index (χ0) is 47.0. The highest BCUT2D eigenvalue weighted by Crippen LogP contribution is 2.43. The summed E-state index contributed by atoms with van der Waals surface area (Å²) < 4.78 is 9.56. The Kier molecular flexibility index (Phi) is 8.07. The Bertz CT molecular complexity index is 4640. The van der Waals surface area contributed by atoms with Gasteiger partial charge in [-0.15, -0.1) is 0 Å². The van der Waals surface area contributed by atoms with Gasteiger partial charge in [-0.1, -0.05) is 164 Å². The lowest BCUT2D eigenvalue weighted by Crippen LogP contribution is -2.06. The minimum absolute atomic E-state index is 0.655. The first-order chi connectivity index (χ1) is 35.7. The van der Waals surface area contributed by atoms with Gasteiger partial charge in [-0.3, -0.25) is 9.13 Å². The van der Waals surface area contributed by atoms with Gasteiger partial charge in [0.25, 0.3) is 0 Å². The van der Waals surface area contributed by atoms with E-state index < -0.39 is 0 Å². The third-order valence-electron chi connectivity index (χ3n) is 15.1. The van der Waals surface area contributed by atoms with Crippen LogP contribution in [-0.2, 0) is 0 Å². The molecule has 11 aromatic carbocycles. The number of para-hydroxylation sites is 4. The molecule has 334 valence electrons. The normalized spacial score (nSPS) is 12.2. The third-order valence-corrected chi connectivity index (χ3v) is 15.1. The molecule has 6 nitrogen and oxygen atoms in total. The minimum Gasteiger partial charge on any atom is -0.309 e. The molecule has 6 heteroatoms. The molecule has 0 bridgehead atoms. The largest absolute Gasteiger partial charge is 0.309 e. The fourth-order valence-corrected chi connectivity index (χ4v) is 11.9. The average molecular weight is 917 g/mol. The molecule has 5 heterocycles. The van der Waals surface area contributed by atoms with Gasteiger partial charge >= 0.3 is 0 Å². The zero-order valence-electron chi connectivity index (χ0n) is 38.8. The highest BCUT2D eigenvalue weighted by Gasteiger charge is 2.23. The minimum atomic E-state index is 0.655. The molecule has 16 aromatic rings. The SMILES string of the molecule is c1ccc(-c2nc(-n3c4ccccc4c4cc5c(cc43)c3ccccc3n5-c3ccc4ccccc4c3)cc(-n3c4ccccc4c4cc5c(cc43)c3ccccc3n5-c3ccc4ccccc4c3)n2)cc1. The summed E-state index contributed by atoms with van der Waals surface area (Å²) in [6, 6.07) is 88.0. The summed E-state index contributed by atoms with van der Waals surface area (Å²) >= 11 is 0. The van der Waals surface area contributed by atoms with Gasteiger partial charge in [-0.25, -0.2) is 9.97 Å². The summed E-state index contributed by atoms with van der Waals surface area (Å²) in [6.45, 7) is 0. The van der Waals surface area contributed by atoms with Crippen molar-refractivity contribution in [1.29, 1.82) is 0 Å². The molecule has 0 N–H and O–H groups in total. The molecule has 0 aliphatic heterocycles. The molecule has 0 saturated carbocycles. The Labute approximate surface area is 412 Å². The van der Waals surface area contributed by atoms with Gasteiger partial charge < -0.3 is 9.13 Å². The maximum absolute atomic E-state index is 5.52. The van der Waals surface area contributed by atoms with Crippen molar-refractivity contribution in [2.24, 2.45) is 0 Å². The van der Waals surface area contributed by atoms with E-state index in [4.69, 9.17) is 9.97 Å². The predicted octanol–water partition coefficient (Wildman–Crippen LogP) is 16.8. The van der Waals surface area contributed by atoms with Gasteiger partial charge in [-0.05, 0) is 94.3 Å². The molecule has 0 amide bonds. The van der Waals surface area contributed by atoms with E-state index >= 15 is 0 Å². The van der Waals surface area contributed by atoms with Crippen LogP contribution in [0.4, 0.5) is 0 Å². The number of nitrogens with zero attached hydrogens (tertiary/aromatic N) is 6. The Balaban J connectivity index is 0.976. The molecule has 0 fully saturated rings. The predicted molar refractivity (Wildman–Crippen MR) is 300 cm³/mol. The van der Waals surface area contributed by atoms with Crippen LogP contribution in [0.5, 0.6) is 0 Å². The van der Waals surface area contributed by atoms with Crippen molar-refractivity contribution < 1.29 is 0 Å². The summed E-state index contributed by atoms with van der Waals surface area (Å²) in [7, 11) is 0. The Morgan fingerprint density at radius 2 is 0.556 bits per heavy atom. The number of aromatic nitrogens is 6. The number of benzene rings is 11. The van der Waals surface area contributed by atoms with Crippen LogP contribution < -0.4 is 0 Å². The quantitative estimate of drug-likeness (QED) is 0.173. The van der Waals surface area contributed by atoms with Crippen molar-refractivity contribution >= 4 is 109 Å². The van der Waals surface area contributed by atoms with Gasteiger partial charge in [0.05, 0.1) is 44.1 Å². The van der Waals surface area contributed by atoms with Crippen molar-refractivity contribution in [3.05, 3.63) is 243 Å². The second kappa shape index (κ2) is 14.9. The van der Waals surface area contributed by atoms with Crippen molar-refractivity contribution in [3.63, 3.8) is 0 Å². The summed E-state index contributed by atoms with van der Waals surface area (Å²) in [6.07, 6.45) is 0. The van der Waals surface area contributed by atoms with Crippen LogP contribution in [-0.4, -0.2) is 28.2 Å². The van der Waals surface area contributed by atoms with E-state index in [1.807, 2.05) is 6.07 Å². The lowest BCUT2D eigenvalue weighted by molar-refractivity contribution is 0.994. The van der Waals surface area contributed by atoms with Crippen LogP contribution in [0.3, 0.4) is 0 Å². The van der Waals surface area contributed by atoms with Gasteiger partial charge in [-0.2, -0.15) is 0 Å². The first-order valence-electron chi connectivity index (χ1n) is 24.6. The van der Waals surface area contributed by atoms with Gasteiger partial charge in [0, 0.05) is 66.1 Å². The van der Waals surface area contributed by atoms with Crippen molar-refractivity contribution in [3.8, 4) is 34.4 Å². The second-order valence-corrected chi connectivity index (χ2v) is 19.0. The highest BCUT2D eigenvalue weighted by molar-refractivity contribution is 6.21. The molecular formula is C66H40N6. The lowest BCUT2D eigenvalue weighted by atomic mass is 10.1. The van der Waals surface area contributed by atoms with Crippen molar-refractivity contribution in [1.82, 2.24) is 28.2 Å². The molecule has 72 heavy (non-hydrogen) atoms. The summed E-state index contributed by atoms with van der Waals surface area (Å²) in [5, 5.41) is 14.3. The first kappa shape index (κ1) is 39.1. The molecule has 0 spiro atoms. The van der Waals surface area contributed by atoms with E-state index in [9.17, 15) is 0 Å². The standard InChI is InChI=1S/C66H40N6/c1-2-18-43(19-3-1)66-67-64(71-58-28-14-10-24-50(58)54-36-60-52(38-62(54)71)48-22-8-12-26-56(48)69(60)46-32-30-41-16-4-6-20-44(41)34-46)40-65(68-66)72-59-29-15-11-25-51(59)55-37-61-53(39-63(55)72)49-23-9-13-27-57(49)70(61)47-33-31-42-17-5-7-21-45(42)35-47/h1-40H. The molecule has 0 atom stereocenters. The molecular weight excluding hydrogens is 877 g/mol. The fraction of sp³-hybridized carbons (Fsp3) is 0. The van der Waals surface area contributed by atoms with Crippen molar-refractivity contribution in [2.45, 2.75) is 0 Å². The molecule has 0 radical (unpaired) electrons. The first-order valence-corrected chi connectivity index (χ1v) is 24.6. The fourth-order valence-electron chi connectivity index (χ4n) is 11.9. The second-order valence-electron chi connectivity index (χ2n) is 19.0. The lowest BCUT2D eigenvalue weighted by Gasteiger charge is -2.14. The van der Waals surface area contributed by atoms with Gasteiger partial charge in [0.1, 0.15) is 11.6 Å². The maximum atomic E-state index is 5.52.